The fourth-order valence-corrected chi connectivity index (χ4v) is 3.26. The number of hydrogen-bond donors (Lipinski definition) is 0. The standard InChI is InChI=1S/C26H28O8/c1-31-19-11-5-17(6-12-19)9-15-21(27)23(25(29)33-3)24(26(30)34-4)22(28)16-10-18-7-13-20(32-2)14-8-18/h5-8,11-14H,9-10,15-16H2,1-4H3/b24-23+. The summed E-state index contributed by atoms with van der Waals surface area (Å²) >= 11 is 0. The Hall–Kier alpha value is -3.94. The van der Waals surface area contributed by atoms with Gasteiger partial charge in [-0.1, -0.05) is 24.3 Å². The molecule has 0 spiro atoms. The van der Waals surface area contributed by atoms with Crippen LogP contribution in [0.2, 0.25) is 0 Å². The molecule has 0 N–H and O–H groups in total. The first kappa shape index (κ1) is 26.3. The van der Waals surface area contributed by atoms with Crippen molar-refractivity contribution in [3.8, 4) is 11.5 Å². The predicted octanol–water partition coefficient (Wildman–Crippen LogP) is 3.05. The van der Waals surface area contributed by atoms with E-state index < -0.39 is 34.7 Å². The Balaban J connectivity index is 2.27. The predicted molar refractivity (Wildman–Crippen MR) is 124 cm³/mol. The van der Waals surface area contributed by atoms with Crippen LogP contribution in [0.1, 0.15) is 24.0 Å². The SMILES string of the molecule is COC(=O)/C(C(=O)CCc1ccc(OC)cc1)=C(\C(=O)CCc1ccc(OC)cc1)C(=O)OC. The minimum atomic E-state index is -1.06. The molecule has 0 amide bonds. The van der Waals surface area contributed by atoms with Gasteiger partial charge in [-0.25, -0.2) is 9.59 Å². The summed E-state index contributed by atoms with van der Waals surface area (Å²) in [4.78, 5) is 50.9. The second kappa shape index (κ2) is 12.9. The summed E-state index contributed by atoms with van der Waals surface area (Å²) in [6.45, 7) is 0. The van der Waals surface area contributed by atoms with Gasteiger partial charge in [-0.3, -0.25) is 9.59 Å². The third-order valence-corrected chi connectivity index (χ3v) is 5.19. The summed E-state index contributed by atoms with van der Waals surface area (Å²) < 4.78 is 19.7. The lowest BCUT2D eigenvalue weighted by Crippen LogP contribution is -2.26. The maximum Gasteiger partial charge on any atom is 0.342 e. The molecule has 0 heterocycles. The minimum Gasteiger partial charge on any atom is -0.497 e. The van der Waals surface area contributed by atoms with Crippen LogP contribution < -0.4 is 9.47 Å². The summed E-state index contributed by atoms with van der Waals surface area (Å²) in [7, 11) is 5.25. The van der Waals surface area contributed by atoms with Gasteiger partial charge in [-0.05, 0) is 48.2 Å². The molecule has 0 saturated heterocycles. The van der Waals surface area contributed by atoms with Crippen LogP contribution in [0, 0.1) is 0 Å². The van der Waals surface area contributed by atoms with Crippen LogP contribution in [0.3, 0.4) is 0 Å². The average Bonchev–Trinajstić information content (AvgIpc) is 2.88. The van der Waals surface area contributed by atoms with Gasteiger partial charge in [0.2, 0.25) is 0 Å². The molecule has 0 unspecified atom stereocenters. The molecule has 8 nitrogen and oxygen atoms in total. The Labute approximate surface area is 198 Å². The van der Waals surface area contributed by atoms with Crippen molar-refractivity contribution in [2.24, 2.45) is 0 Å². The largest absolute Gasteiger partial charge is 0.497 e. The first-order valence-corrected chi connectivity index (χ1v) is 10.6. The van der Waals surface area contributed by atoms with Crippen molar-refractivity contribution in [1.82, 2.24) is 0 Å². The van der Waals surface area contributed by atoms with E-state index in [9.17, 15) is 19.2 Å². The lowest BCUT2D eigenvalue weighted by atomic mass is 9.93. The lowest BCUT2D eigenvalue weighted by Gasteiger charge is -2.12. The van der Waals surface area contributed by atoms with Gasteiger partial charge in [0.05, 0.1) is 28.4 Å². The molecule has 0 radical (unpaired) electrons. The van der Waals surface area contributed by atoms with Gasteiger partial charge in [0.1, 0.15) is 22.6 Å². The zero-order chi connectivity index (χ0) is 25.1. The molecule has 0 aliphatic carbocycles. The lowest BCUT2D eigenvalue weighted by molar-refractivity contribution is -0.142. The summed E-state index contributed by atoms with van der Waals surface area (Å²) in [5.74, 6) is -2.14. The highest BCUT2D eigenvalue weighted by Gasteiger charge is 2.32. The van der Waals surface area contributed by atoms with Gasteiger partial charge >= 0.3 is 11.9 Å². The van der Waals surface area contributed by atoms with Gasteiger partial charge in [0.25, 0.3) is 0 Å². The van der Waals surface area contributed by atoms with Crippen molar-refractivity contribution in [3.05, 3.63) is 70.8 Å². The van der Waals surface area contributed by atoms with Gasteiger partial charge < -0.3 is 18.9 Å². The van der Waals surface area contributed by atoms with Crippen LogP contribution in [-0.4, -0.2) is 51.9 Å². The highest BCUT2D eigenvalue weighted by atomic mass is 16.5. The maximum atomic E-state index is 13.0. The summed E-state index contributed by atoms with van der Waals surface area (Å²) in [5, 5.41) is 0. The normalized spacial score (nSPS) is 11.2. The topological polar surface area (TPSA) is 105 Å². The fourth-order valence-electron chi connectivity index (χ4n) is 3.26. The fraction of sp³-hybridized carbons (Fsp3) is 0.308. The highest BCUT2D eigenvalue weighted by Crippen LogP contribution is 2.20. The van der Waals surface area contributed by atoms with Gasteiger partial charge in [0, 0.05) is 12.8 Å². The second-order valence-corrected chi connectivity index (χ2v) is 7.28. The number of ether oxygens (including phenoxy) is 4. The van der Waals surface area contributed by atoms with E-state index in [1.165, 1.54) is 0 Å². The molecule has 0 aromatic heterocycles. The number of methoxy groups -OCH3 is 4. The summed E-state index contributed by atoms with van der Waals surface area (Å²) in [6, 6.07) is 14.1. The quantitative estimate of drug-likeness (QED) is 0.203. The number of carbonyl (C=O) groups excluding carboxylic acids is 4. The Morgan fingerprint density at radius 3 is 1.15 bits per heavy atom. The average molecular weight is 469 g/mol. The molecular formula is C26H28O8. The van der Waals surface area contributed by atoms with E-state index in [0.717, 1.165) is 25.3 Å². The molecule has 0 aliphatic heterocycles. The van der Waals surface area contributed by atoms with Crippen LogP contribution in [0.4, 0.5) is 0 Å². The molecule has 0 fully saturated rings. The Kier molecular flexibility index (Phi) is 10.0. The van der Waals surface area contributed by atoms with E-state index >= 15 is 0 Å². The van der Waals surface area contributed by atoms with Gasteiger partial charge in [0.15, 0.2) is 11.6 Å². The van der Waals surface area contributed by atoms with E-state index in [1.807, 2.05) is 0 Å². The first-order chi connectivity index (χ1) is 16.3. The van der Waals surface area contributed by atoms with Crippen molar-refractivity contribution >= 4 is 23.5 Å². The number of aryl methyl sites for hydroxylation is 2. The molecule has 0 aliphatic rings. The molecule has 0 saturated carbocycles. The summed E-state index contributed by atoms with van der Waals surface area (Å²) in [5.41, 5.74) is 0.456. The van der Waals surface area contributed by atoms with Crippen LogP contribution in [-0.2, 0) is 41.5 Å². The third-order valence-electron chi connectivity index (χ3n) is 5.19. The Morgan fingerprint density at radius 2 is 0.882 bits per heavy atom. The first-order valence-electron chi connectivity index (χ1n) is 10.6. The number of benzene rings is 2. The zero-order valence-electron chi connectivity index (χ0n) is 19.7. The molecule has 0 bridgehead atoms. The van der Waals surface area contributed by atoms with E-state index in [4.69, 9.17) is 18.9 Å². The van der Waals surface area contributed by atoms with Gasteiger partial charge in [-0.2, -0.15) is 0 Å². The van der Waals surface area contributed by atoms with E-state index in [1.54, 1.807) is 62.8 Å². The van der Waals surface area contributed by atoms with E-state index in [-0.39, 0.29) is 25.7 Å². The van der Waals surface area contributed by atoms with Crippen LogP contribution in [0.5, 0.6) is 11.5 Å². The summed E-state index contributed by atoms with van der Waals surface area (Å²) in [6.07, 6.45) is 0.363. The molecule has 180 valence electrons. The van der Waals surface area contributed by atoms with Crippen molar-refractivity contribution in [2.45, 2.75) is 25.7 Å². The molecule has 8 heteroatoms. The number of carbonyl (C=O) groups is 4. The third kappa shape index (κ3) is 7.03. The van der Waals surface area contributed by atoms with E-state index in [0.29, 0.717) is 11.5 Å². The molecule has 34 heavy (non-hydrogen) atoms. The Bertz CT molecular complexity index is 964. The van der Waals surface area contributed by atoms with E-state index in [2.05, 4.69) is 0 Å². The number of hydrogen-bond acceptors (Lipinski definition) is 8. The minimum absolute atomic E-state index is 0.108. The molecule has 2 aromatic rings. The van der Waals surface area contributed by atoms with Gasteiger partial charge in [-0.15, -0.1) is 0 Å². The van der Waals surface area contributed by atoms with Crippen molar-refractivity contribution in [3.63, 3.8) is 0 Å². The molecule has 0 atom stereocenters. The number of ketones is 2. The smallest absolute Gasteiger partial charge is 0.342 e. The van der Waals surface area contributed by atoms with Crippen LogP contribution >= 0.6 is 0 Å². The number of rotatable bonds is 12. The highest BCUT2D eigenvalue weighted by molar-refractivity contribution is 6.30. The molecule has 2 rings (SSSR count). The monoisotopic (exact) mass is 468 g/mol. The Morgan fingerprint density at radius 1 is 0.559 bits per heavy atom. The van der Waals surface area contributed by atoms with Crippen molar-refractivity contribution in [2.75, 3.05) is 28.4 Å². The van der Waals surface area contributed by atoms with Crippen LogP contribution in [0.15, 0.2) is 59.7 Å². The number of Topliss-reactive ketones (excluding diaryl/α,β-unsaturated/α-hetero) is 2. The molecule has 2 aromatic carbocycles. The molecular weight excluding hydrogens is 440 g/mol. The van der Waals surface area contributed by atoms with Crippen LogP contribution in [0.25, 0.3) is 0 Å². The zero-order valence-corrected chi connectivity index (χ0v) is 19.7. The van der Waals surface area contributed by atoms with Crippen molar-refractivity contribution in [1.29, 1.82) is 0 Å². The second-order valence-electron chi connectivity index (χ2n) is 7.28. The number of esters is 2. The maximum absolute atomic E-state index is 13.0. The van der Waals surface area contributed by atoms with Crippen molar-refractivity contribution < 1.29 is 38.1 Å².